The quantitative estimate of drug-likeness (QED) is 0.627. The first-order valence-corrected chi connectivity index (χ1v) is 9.17. The lowest BCUT2D eigenvalue weighted by Gasteiger charge is -2.13. The number of ether oxygens (including phenoxy) is 2. The molecule has 1 aromatic heterocycles. The van der Waals surface area contributed by atoms with Crippen LogP contribution in [-0.4, -0.2) is 34.4 Å². The van der Waals surface area contributed by atoms with E-state index in [-0.39, 0.29) is 5.91 Å². The predicted octanol–water partition coefficient (Wildman–Crippen LogP) is 3.32. The molecule has 1 heterocycles. The second kappa shape index (κ2) is 9.23. The maximum absolute atomic E-state index is 12.5. The number of nitrogens with one attached hydrogen (secondary N) is 1. The molecule has 28 heavy (non-hydrogen) atoms. The molecule has 7 nitrogen and oxygen atoms in total. The summed E-state index contributed by atoms with van der Waals surface area (Å²) in [5.41, 5.74) is 2.50. The minimum atomic E-state index is -0.241. The molecule has 0 fully saturated rings. The number of nitrogens with zero attached hydrogens (tertiary/aromatic N) is 3. The molecule has 0 aliphatic rings. The molecule has 0 atom stereocenters. The molecule has 0 saturated heterocycles. The first-order valence-electron chi connectivity index (χ1n) is 8.79. The number of benzene rings is 2. The highest BCUT2D eigenvalue weighted by Crippen LogP contribution is 2.36. The van der Waals surface area contributed by atoms with E-state index in [1.54, 1.807) is 23.1 Å². The number of methoxy groups -OCH3 is 1. The SMILES string of the molecule is CCOc1c(Cl)cc(C(=O)NCc2ccc(Cn3cncn3)cc2)cc1OC. The largest absolute Gasteiger partial charge is 0.493 e. The van der Waals surface area contributed by atoms with Gasteiger partial charge in [-0.25, -0.2) is 9.67 Å². The average Bonchev–Trinajstić information content (AvgIpc) is 3.21. The van der Waals surface area contributed by atoms with Crippen LogP contribution in [0.4, 0.5) is 0 Å². The highest BCUT2D eigenvalue weighted by molar-refractivity contribution is 6.32. The van der Waals surface area contributed by atoms with Crippen LogP contribution in [-0.2, 0) is 13.1 Å². The van der Waals surface area contributed by atoms with E-state index in [1.165, 1.54) is 13.4 Å². The molecule has 0 bridgehead atoms. The normalized spacial score (nSPS) is 10.5. The fourth-order valence-electron chi connectivity index (χ4n) is 2.68. The van der Waals surface area contributed by atoms with E-state index >= 15 is 0 Å². The van der Waals surface area contributed by atoms with Crippen molar-refractivity contribution in [1.29, 1.82) is 0 Å². The van der Waals surface area contributed by atoms with E-state index < -0.39 is 0 Å². The summed E-state index contributed by atoms with van der Waals surface area (Å²) in [6.45, 7) is 3.36. The van der Waals surface area contributed by atoms with Gasteiger partial charge in [-0.15, -0.1) is 0 Å². The molecule has 0 unspecified atom stereocenters. The zero-order chi connectivity index (χ0) is 19.9. The zero-order valence-corrected chi connectivity index (χ0v) is 16.4. The fourth-order valence-corrected chi connectivity index (χ4v) is 2.95. The fraction of sp³-hybridized carbons (Fsp3) is 0.250. The van der Waals surface area contributed by atoms with Crippen molar-refractivity contribution in [3.05, 3.63) is 70.8 Å². The summed E-state index contributed by atoms with van der Waals surface area (Å²) >= 11 is 6.23. The summed E-state index contributed by atoms with van der Waals surface area (Å²) in [5, 5.41) is 7.31. The third-order valence-corrected chi connectivity index (χ3v) is 4.35. The third-order valence-electron chi connectivity index (χ3n) is 4.07. The van der Waals surface area contributed by atoms with E-state index in [2.05, 4.69) is 15.4 Å². The Balaban J connectivity index is 1.63. The van der Waals surface area contributed by atoms with Crippen LogP contribution in [0.15, 0.2) is 49.1 Å². The average molecular weight is 401 g/mol. The van der Waals surface area contributed by atoms with Crippen LogP contribution in [0.25, 0.3) is 0 Å². The molecule has 0 aliphatic carbocycles. The Morgan fingerprint density at radius 1 is 1.21 bits per heavy atom. The van der Waals surface area contributed by atoms with Crippen molar-refractivity contribution in [2.45, 2.75) is 20.0 Å². The summed E-state index contributed by atoms with van der Waals surface area (Å²) < 4.78 is 12.5. The highest BCUT2D eigenvalue weighted by Gasteiger charge is 2.15. The van der Waals surface area contributed by atoms with Crippen molar-refractivity contribution in [1.82, 2.24) is 20.1 Å². The van der Waals surface area contributed by atoms with Gasteiger partial charge in [-0.05, 0) is 30.2 Å². The van der Waals surface area contributed by atoms with Crippen molar-refractivity contribution in [2.75, 3.05) is 13.7 Å². The smallest absolute Gasteiger partial charge is 0.251 e. The number of amides is 1. The second-order valence-electron chi connectivity index (χ2n) is 6.01. The number of rotatable bonds is 8. The van der Waals surface area contributed by atoms with Crippen LogP contribution >= 0.6 is 11.6 Å². The lowest BCUT2D eigenvalue weighted by molar-refractivity contribution is 0.0950. The molecule has 3 rings (SSSR count). The first kappa shape index (κ1) is 19.7. The van der Waals surface area contributed by atoms with Crippen molar-refractivity contribution in [2.24, 2.45) is 0 Å². The van der Waals surface area contributed by atoms with Crippen LogP contribution < -0.4 is 14.8 Å². The molecule has 3 aromatic rings. The van der Waals surface area contributed by atoms with E-state index in [1.807, 2.05) is 31.2 Å². The zero-order valence-electron chi connectivity index (χ0n) is 15.7. The van der Waals surface area contributed by atoms with Crippen molar-refractivity contribution < 1.29 is 14.3 Å². The molecule has 2 aromatic carbocycles. The monoisotopic (exact) mass is 400 g/mol. The molecule has 1 amide bonds. The van der Waals surface area contributed by atoms with Gasteiger partial charge in [0.2, 0.25) is 0 Å². The van der Waals surface area contributed by atoms with Crippen molar-refractivity contribution >= 4 is 17.5 Å². The van der Waals surface area contributed by atoms with Crippen LogP contribution in [0.2, 0.25) is 5.02 Å². The lowest BCUT2D eigenvalue weighted by atomic mass is 10.1. The minimum Gasteiger partial charge on any atom is -0.493 e. The Bertz CT molecular complexity index is 927. The number of aromatic nitrogens is 3. The predicted molar refractivity (Wildman–Crippen MR) is 106 cm³/mol. The van der Waals surface area contributed by atoms with E-state index in [0.29, 0.717) is 41.8 Å². The number of hydrogen-bond acceptors (Lipinski definition) is 5. The molecule has 1 N–H and O–H groups in total. The van der Waals surface area contributed by atoms with Gasteiger partial charge in [0.25, 0.3) is 5.91 Å². The van der Waals surface area contributed by atoms with Gasteiger partial charge >= 0.3 is 0 Å². The Kier molecular flexibility index (Phi) is 6.49. The van der Waals surface area contributed by atoms with Gasteiger partial charge in [-0.1, -0.05) is 35.9 Å². The van der Waals surface area contributed by atoms with Gasteiger partial charge in [0.15, 0.2) is 11.5 Å². The molecule has 0 radical (unpaired) electrons. The summed E-state index contributed by atoms with van der Waals surface area (Å²) in [6, 6.07) is 11.1. The number of halogens is 1. The molecule has 0 saturated carbocycles. The Hall–Kier alpha value is -3.06. The summed E-state index contributed by atoms with van der Waals surface area (Å²) in [7, 11) is 1.51. The van der Waals surface area contributed by atoms with Crippen LogP contribution in [0, 0.1) is 0 Å². The minimum absolute atomic E-state index is 0.241. The van der Waals surface area contributed by atoms with E-state index in [4.69, 9.17) is 21.1 Å². The molecule has 146 valence electrons. The van der Waals surface area contributed by atoms with Crippen molar-refractivity contribution in [3.63, 3.8) is 0 Å². The van der Waals surface area contributed by atoms with Crippen LogP contribution in [0.3, 0.4) is 0 Å². The number of carbonyl (C=O) groups excluding carboxylic acids is 1. The van der Waals surface area contributed by atoms with Crippen molar-refractivity contribution in [3.8, 4) is 11.5 Å². The summed E-state index contributed by atoms with van der Waals surface area (Å²) in [6.07, 6.45) is 3.18. The number of hydrogen-bond donors (Lipinski definition) is 1. The van der Waals surface area contributed by atoms with Gasteiger partial charge < -0.3 is 14.8 Å². The van der Waals surface area contributed by atoms with Gasteiger partial charge in [0.1, 0.15) is 12.7 Å². The van der Waals surface area contributed by atoms with E-state index in [9.17, 15) is 4.79 Å². The maximum atomic E-state index is 12.5. The Morgan fingerprint density at radius 3 is 2.61 bits per heavy atom. The molecule has 8 heteroatoms. The highest BCUT2D eigenvalue weighted by atomic mass is 35.5. The Labute approximate surface area is 168 Å². The molecule has 0 aliphatic heterocycles. The van der Waals surface area contributed by atoms with E-state index in [0.717, 1.165) is 11.1 Å². The van der Waals surface area contributed by atoms with Gasteiger partial charge in [-0.2, -0.15) is 5.10 Å². The molecular weight excluding hydrogens is 380 g/mol. The van der Waals surface area contributed by atoms with Crippen LogP contribution in [0.1, 0.15) is 28.4 Å². The molecule has 0 spiro atoms. The van der Waals surface area contributed by atoms with Gasteiger partial charge in [0.05, 0.1) is 25.3 Å². The summed E-state index contributed by atoms with van der Waals surface area (Å²) in [4.78, 5) is 16.4. The van der Waals surface area contributed by atoms with Gasteiger partial charge in [-0.3, -0.25) is 4.79 Å². The third kappa shape index (κ3) is 4.80. The molecular formula is C20H21ClN4O3. The second-order valence-corrected chi connectivity index (χ2v) is 6.42. The number of carbonyl (C=O) groups is 1. The van der Waals surface area contributed by atoms with Crippen LogP contribution in [0.5, 0.6) is 11.5 Å². The standard InChI is InChI=1S/C20H21ClN4O3/c1-3-28-19-17(21)8-16(9-18(19)27-2)20(26)23-10-14-4-6-15(7-5-14)11-25-13-22-12-24-25/h4-9,12-13H,3,10-11H2,1-2H3,(H,23,26). The summed E-state index contributed by atoms with van der Waals surface area (Å²) in [5.74, 6) is 0.623. The first-order chi connectivity index (χ1) is 13.6. The topological polar surface area (TPSA) is 78.3 Å². The van der Waals surface area contributed by atoms with Gasteiger partial charge in [0, 0.05) is 12.1 Å². The maximum Gasteiger partial charge on any atom is 0.251 e. The lowest BCUT2D eigenvalue weighted by Crippen LogP contribution is -2.23. The Morgan fingerprint density at radius 2 is 1.96 bits per heavy atom.